The number of hydrogen-bond donors (Lipinski definition) is 1. The van der Waals surface area contributed by atoms with E-state index in [1.807, 2.05) is 6.92 Å². The Kier molecular flexibility index (Phi) is 5.41. The second-order valence-electron chi connectivity index (χ2n) is 7.01. The highest BCUT2D eigenvalue weighted by Crippen LogP contribution is 2.38. The van der Waals surface area contributed by atoms with E-state index in [4.69, 9.17) is 0 Å². The topological polar surface area (TPSA) is 73.2 Å². The number of nitrogens with one attached hydrogen (secondary N) is 1. The van der Waals surface area contributed by atoms with Crippen LogP contribution < -0.4 is 5.32 Å². The summed E-state index contributed by atoms with van der Waals surface area (Å²) in [6, 6.07) is 6.57. The number of anilines is 1. The van der Waals surface area contributed by atoms with Crippen molar-refractivity contribution < 1.29 is 22.8 Å². The molecule has 29 heavy (non-hydrogen) atoms. The molecule has 3 rings (SSSR count). The molecule has 0 spiro atoms. The molecule has 0 unspecified atom stereocenters. The van der Waals surface area contributed by atoms with Crippen molar-refractivity contribution in [2.45, 2.75) is 25.9 Å². The molecule has 0 saturated carbocycles. The van der Waals surface area contributed by atoms with E-state index in [1.165, 1.54) is 28.4 Å². The molecule has 9 heteroatoms. The summed E-state index contributed by atoms with van der Waals surface area (Å²) in [5.74, 6) is -2.63. The maximum Gasteiger partial charge on any atom is 0.416 e. The maximum atomic E-state index is 12.9. The predicted molar refractivity (Wildman–Crippen MR) is 102 cm³/mol. The monoisotopic (exact) mass is 421 g/mol. The van der Waals surface area contributed by atoms with Gasteiger partial charge in [0.1, 0.15) is 17.0 Å². The molecule has 0 radical (unpaired) electrons. The van der Waals surface area contributed by atoms with Gasteiger partial charge in [-0.05, 0) is 37.1 Å². The summed E-state index contributed by atoms with van der Waals surface area (Å²) in [6.07, 6.45) is -4.46. The van der Waals surface area contributed by atoms with Crippen molar-refractivity contribution in [1.82, 2.24) is 4.90 Å². The second kappa shape index (κ2) is 7.52. The van der Waals surface area contributed by atoms with Gasteiger partial charge >= 0.3 is 6.18 Å². The van der Waals surface area contributed by atoms with Gasteiger partial charge in [-0.2, -0.15) is 18.4 Å². The predicted octanol–water partition coefficient (Wildman–Crippen LogP) is 4.07. The van der Waals surface area contributed by atoms with Crippen LogP contribution in [0.1, 0.15) is 33.0 Å². The number of likely N-dealkylation sites (tertiary alicyclic amines) is 1. The van der Waals surface area contributed by atoms with E-state index in [-0.39, 0.29) is 6.54 Å². The van der Waals surface area contributed by atoms with Gasteiger partial charge in [-0.3, -0.25) is 9.59 Å². The zero-order valence-corrected chi connectivity index (χ0v) is 16.7. The Morgan fingerprint density at radius 1 is 1.28 bits per heavy atom. The Morgan fingerprint density at radius 3 is 2.45 bits per heavy atom. The second-order valence-corrected chi connectivity index (χ2v) is 8.24. The highest BCUT2D eigenvalue weighted by atomic mass is 32.1. The highest BCUT2D eigenvalue weighted by Gasteiger charge is 2.44. The Labute approximate surface area is 169 Å². The number of hydrogen-bond acceptors (Lipinski definition) is 4. The number of benzene rings is 1. The lowest BCUT2D eigenvalue weighted by Crippen LogP contribution is -2.32. The van der Waals surface area contributed by atoms with Gasteiger partial charge in [0.2, 0.25) is 11.8 Å². The molecule has 0 aliphatic carbocycles. The average molecular weight is 421 g/mol. The number of aryl methyl sites for hydroxylation is 1. The average Bonchev–Trinajstić information content (AvgIpc) is 3.10. The first-order chi connectivity index (χ1) is 13.5. The fraction of sp³-hybridized carbons (Fsp3) is 0.350. The van der Waals surface area contributed by atoms with Gasteiger partial charge in [-0.15, -0.1) is 11.3 Å². The minimum atomic E-state index is -4.46. The van der Waals surface area contributed by atoms with E-state index >= 15 is 0 Å². The number of carbonyl (C=O) groups is 2. The lowest BCUT2D eigenvalue weighted by molar-refractivity contribution is -0.138. The Morgan fingerprint density at radius 2 is 1.90 bits per heavy atom. The number of amides is 2. The van der Waals surface area contributed by atoms with Gasteiger partial charge in [-0.25, -0.2) is 0 Å². The quantitative estimate of drug-likeness (QED) is 0.760. The van der Waals surface area contributed by atoms with Crippen molar-refractivity contribution in [3.8, 4) is 6.07 Å². The number of likely N-dealkylation sites (N-methyl/N-ethyl adjacent to an activating group) is 1. The van der Waals surface area contributed by atoms with E-state index < -0.39 is 35.4 Å². The third kappa shape index (κ3) is 3.85. The summed E-state index contributed by atoms with van der Waals surface area (Å²) >= 11 is 1.25. The van der Waals surface area contributed by atoms with Gasteiger partial charge in [0, 0.05) is 24.4 Å². The number of nitrogens with zero attached hydrogens (tertiary/aromatic N) is 2. The molecule has 1 aliphatic rings. The molecule has 1 saturated heterocycles. The maximum absolute atomic E-state index is 12.9. The lowest BCUT2D eigenvalue weighted by atomic mass is 9.87. The zero-order chi connectivity index (χ0) is 21.5. The SMILES string of the molecule is Cc1sc(NC(=O)[C@H]2C(=O)N(C)C[C@@H]2c2ccc(C(F)(F)F)cc2)c(C#N)c1C. The van der Waals surface area contributed by atoms with Gasteiger partial charge in [-0.1, -0.05) is 12.1 Å². The third-order valence-corrected chi connectivity index (χ3v) is 6.32. The first kappa shape index (κ1) is 20.9. The van der Waals surface area contributed by atoms with Crippen LogP contribution >= 0.6 is 11.3 Å². The molecule has 1 aromatic carbocycles. The van der Waals surface area contributed by atoms with E-state index in [0.29, 0.717) is 16.1 Å². The smallest absolute Gasteiger partial charge is 0.344 e. The molecule has 2 aromatic rings. The van der Waals surface area contributed by atoms with Gasteiger partial charge in [0.25, 0.3) is 0 Å². The van der Waals surface area contributed by atoms with Crippen molar-refractivity contribution in [3.63, 3.8) is 0 Å². The molecule has 0 bridgehead atoms. The van der Waals surface area contributed by atoms with Crippen LogP contribution in [-0.4, -0.2) is 30.3 Å². The fourth-order valence-electron chi connectivity index (χ4n) is 3.45. The number of carbonyl (C=O) groups excluding carboxylic acids is 2. The molecule has 2 heterocycles. The minimum absolute atomic E-state index is 0.218. The number of halogens is 3. The standard InChI is InChI=1S/C20H18F3N3O2S/c1-10-11(2)29-18(14(10)8-24)25-17(27)16-15(9-26(3)19(16)28)12-4-6-13(7-5-12)20(21,22)23/h4-7,15-16H,9H2,1-3H3,(H,25,27)/t15-,16+/m1/s1. The largest absolute Gasteiger partial charge is 0.416 e. The molecule has 1 aliphatic heterocycles. The van der Waals surface area contributed by atoms with Gasteiger partial charge in [0.05, 0.1) is 11.1 Å². The molecule has 5 nitrogen and oxygen atoms in total. The first-order valence-electron chi connectivity index (χ1n) is 8.77. The number of thiophene rings is 1. The van der Waals surface area contributed by atoms with Gasteiger partial charge in [0.15, 0.2) is 0 Å². The van der Waals surface area contributed by atoms with Crippen molar-refractivity contribution in [2.24, 2.45) is 5.92 Å². The molecular weight excluding hydrogens is 403 g/mol. The highest BCUT2D eigenvalue weighted by molar-refractivity contribution is 7.16. The van der Waals surface area contributed by atoms with Crippen LogP contribution in [0.2, 0.25) is 0 Å². The fourth-order valence-corrected chi connectivity index (χ4v) is 4.47. The van der Waals surface area contributed by atoms with Crippen LogP contribution in [0.4, 0.5) is 18.2 Å². The van der Waals surface area contributed by atoms with E-state index in [0.717, 1.165) is 22.6 Å². The van der Waals surface area contributed by atoms with Crippen molar-refractivity contribution >= 4 is 28.2 Å². The normalized spacial score (nSPS) is 19.3. The molecule has 1 fully saturated rings. The first-order valence-corrected chi connectivity index (χ1v) is 9.59. The Balaban J connectivity index is 1.90. The summed E-state index contributed by atoms with van der Waals surface area (Å²) in [6.45, 7) is 3.82. The molecule has 2 atom stereocenters. The number of nitriles is 1. The van der Waals surface area contributed by atoms with Crippen LogP contribution in [0, 0.1) is 31.1 Å². The van der Waals surface area contributed by atoms with E-state index in [9.17, 15) is 28.0 Å². The van der Waals surface area contributed by atoms with Crippen molar-refractivity contribution in [3.05, 3.63) is 51.4 Å². The minimum Gasteiger partial charge on any atom is -0.344 e. The van der Waals surface area contributed by atoms with Crippen molar-refractivity contribution in [2.75, 3.05) is 18.9 Å². The molecule has 1 N–H and O–H groups in total. The third-order valence-electron chi connectivity index (χ3n) is 5.20. The number of rotatable bonds is 3. The summed E-state index contributed by atoms with van der Waals surface area (Å²) in [7, 11) is 1.55. The van der Waals surface area contributed by atoms with Crippen LogP contribution in [0.5, 0.6) is 0 Å². The molecule has 2 amide bonds. The van der Waals surface area contributed by atoms with Crippen LogP contribution in [0.25, 0.3) is 0 Å². The van der Waals surface area contributed by atoms with E-state index in [1.54, 1.807) is 14.0 Å². The van der Waals surface area contributed by atoms with Crippen LogP contribution in [-0.2, 0) is 15.8 Å². The Bertz CT molecular complexity index is 1010. The van der Waals surface area contributed by atoms with Crippen molar-refractivity contribution in [1.29, 1.82) is 5.26 Å². The molecular formula is C20H18F3N3O2S. The summed E-state index contributed by atoms with van der Waals surface area (Å²) in [4.78, 5) is 27.8. The van der Waals surface area contributed by atoms with E-state index in [2.05, 4.69) is 11.4 Å². The summed E-state index contributed by atoms with van der Waals surface area (Å²) in [5.41, 5.74) is 0.811. The van der Waals surface area contributed by atoms with Crippen LogP contribution in [0.15, 0.2) is 24.3 Å². The summed E-state index contributed by atoms with van der Waals surface area (Å²) in [5, 5.41) is 12.4. The Hall–Kier alpha value is -2.86. The van der Waals surface area contributed by atoms with Gasteiger partial charge < -0.3 is 10.2 Å². The zero-order valence-electron chi connectivity index (χ0n) is 15.9. The molecule has 1 aromatic heterocycles. The number of alkyl halides is 3. The lowest BCUT2D eigenvalue weighted by Gasteiger charge is -2.17. The molecule has 152 valence electrons. The van der Waals surface area contributed by atoms with Crippen LogP contribution in [0.3, 0.4) is 0 Å². The summed E-state index contributed by atoms with van der Waals surface area (Å²) < 4.78 is 38.5.